The van der Waals surface area contributed by atoms with Gasteiger partial charge in [-0.05, 0) is 59.2 Å². The molecule has 0 aromatic heterocycles. The molecule has 4 atom stereocenters. The van der Waals surface area contributed by atoms with Crippen molar-refractivity contribution in [2.75, 3.05) is 4.90 Å². The number of hydrogen-bond donors (Lipinski definition) is 0. The van der Waals surface area contributed by atoms with E-state index in [0.717, 1.165) is 6.42 Å². The van der Waals surface area contributed by atoms with Crippen molar-refractivity contribution in [3.8, 4) is 0 Å². The largest absolute Gasteiger partial charge is 0.357 e. The van der Waals surface area contributed by atoms with Gasteiger partial charge in [0.1, 0.15) is 0 Å². The molecule has 4 rings (SSSR count). The highest BCUT2D eigenvalue weighted by atomic mass is 127. The number of nitrogens with zero attached hydrogens (tertiary/aromatic N) is 1. The van der Waals surface area contributed by atoms with Crippen molar-refractivity contribution in [2.45, 2.75) is 34.8 Å². The number of allylic oxidation sites excluding steroid dienone is 3. The molecule has 1 aliphatic heterocycles. The minimum atomic E-state index is 0.499. The van der Waals surface area contributed by atoms with E-state index in [1.54, 1.807) is 5.56 Å². The summed E-state index contributed by atoms with van der Waals surface area (Å²) in [7, 11) is 0. The van der Waals surface area contributed by atoms with E-state index in [-0.39, 0.29) is 0 Å². The molecule has 21 heavy (non-hydrogen) atoms. The maximum atomic E-state index is 2.65. The summed E-state index contributed by atoms with van der Waals surface area (Å²) >= 11 is 5.01. The standard InChI is InChI=1S/C18H17I2N/c19-12-6-8-17-15(10-12)16-11-13(20)7-9-18(16)21(17)14-4-2-1-3-5-14/h1-4,6-10,13-14,16,18H,5,11H2. The Morgan fingerprint density at radius 2 is 2.00 bits per heavy atom. The fraction of sp³-hybridized carbons (Fsp3) is 0.333. The highest BCUT2D eigenvalue weighted by Gasteiger charge is 2.41. The van der Waals surface area contributed by atoms with Gasteiger partial charge < -0.3 is 4.90 Å². The molecule has 3 aliphatic rings. The van der Waals surface area contributed by atoms with Crippen LogP contribution in [0.5, 0.6) is 0 Å². The van der Waals surface area contributed by atoms with Crippen molar-refractivity contribution in [3.05, 3.63) is 63.8 Å². The number of anilines is 1. The molecular weight excluding hydrogens is 484 g/mol. The van der Waals surface area contributed by atoms with Crippen LogP contribution in [0.1, 0.15) is 24.3 Å². The van der Waals surface area contributed by atoms with E-state index < -0.39 is 0 Å². The molecule has 1 heterocycles. The second-order valence-electron chi connectivity index (χ2n) is 5.96. The molecule has 0 fully saturated rings. The average molecular weight is 501 g/mol. The highest BCUT2D eigenvalue weighted by Crippen LogP contribution is 2.48. The summed E-state index contributed by atoms with van der Waals surface area (Å²) in [5.74, 6) is 0.654. The molecule has 0 radical (unpaired) electrons. The van der Waals surface area contributed by atoms with Crippen LogP contribution in [-0.2, 0) is 0 Å². The Morgan fingerprint density at radius 1 is 1.10 bits per heavy atom. The fourth-order valence-corrected chi connectivity index (χ4v) is 5.12. The topological polar surface area (TPSA) is 3.24 Å². The van der Waals surface area contributed by atoms with Gasteiger partial charge in [0.25, 0.3) is 0 Å². The SMILES string of the molecule is Ic1ccc2c(c1)C1CC(I)C=CC1N2C1C=CC=CC1. The van der Waals surface area contributed by atoms with E-state index in [1.807, 2.05) is 0 Å². The molecule has 1 aromatic carbocycles. The first-order valence-corrected chi connectivity index (χ1v) is 9.80. The smallest absolute Gasteiger partial charge is 0.0549 e. The molecule has 0 spiro atoms. The maximum Gasteiger partial charge on any atom is 0.0549 e. The zero-order valence-electron chi connectivity index (χ0n) is 11.6. The van der Waals surface area contributed by atoms with Crippen LogP contribution in [0, 0.1) is 3.57 Å². The van der Waals surface area contributed by atoms with Gasteiger partial charge in [0.2, 0.25) is 0 Å². The number of fused-ring (bicyclic) bond motifs is 3. The second-order valence-corrected chi connectivity index (χ2v) is 8.81. The number of benzene rings is 1. The Bertz CT molecular complexity index is 647. The average Bonchev–Trinajstić information content (AvgIpc) is 2.81. The molecule has 0 saturated heterocycles. The summed E-state index contributed by atoms with van der Waals surface area (Å²) in [6.45, 7) is 0. The van der Waals surface area contributed by atoms with Crippen LogP contribution in [0.15, 0.2) is 54.7 Å². The molecule has 0 bridgehead atoms. The monoisotopic (exact) mass is 501 g/mol. The third-order valence-corrected chi connectivity index (χ3v) is 6.31. The quantitative estimate of drug-likeness (QED) is 0.290. The van der Waals surface area contributed by atoms with E-state index in [2.05, 4.69) is 105 Å². The van der Waals surface area contributed by atoms with Crippen molar-refractivity contribution in [1.82, 2.24) is 0 Å². The first-order valence-electron chi connectivity index (χ1n) is 7.47. The third-order valence-electron chi connectivity index (χ3n) is 4.71. The zero-order valence-corrected chi connectivity index (χ0v) is 15.9. The van der Waals surface area contributed by atoms with Gasteiger partial charge in [0.05, 0.1) is 12.1 Å². The van der Waals surface area contributed by atoms with Crippen molar-refractivity contribution in [3.63, 3.8) is 0 Å². The van der Waals surface area contributed by atoms with Crippen LogP contribution in [0.2, 0.25) is 0 Å². The van der Waals surface area contributed by atoms with Gasteiger partial charge in [-0.2, -0.15) is 0 Å². The summed E-state index contributed by atoms with van der Waals surface area (Å²) in [6.07, 6.45) is 16.2. The minimum absolute atomic E-state index is 0.499. The predicted octanol–water partition coefficient (Wildman–Crippen LogP) is 5.21. The number of hydrogen-bond acceptors (Lipinski definition) is 1. The molecule has 1 aromatic rings. The molecular formula is C18H17I2N. The Kier molecular flexibility index (Phi) is 3.90. The van der Waals surface area contributed by atoms with Crippen molar-refractivity contribution in [2.24, 2.45) is 0 Å². The Morgan fingerprint density at radius 3 is 2.81 bits per heavy atom. The second kappa shape index (κ2) is 5.72. The Balaban J connectivity index is 1.80. The molecule has 0 saturated carbocycles. The van der Waals surface area contributed by atoms with Crippen LogP contribution >= 0.6 is 45.2 Å². The summed E-state index contributed by atoms with van der Waals surface area (Å²) in [5.41, 5.74) is 3.01. The van der Waals surface area contributed by atoms with Crippen LogP contribution in [0.4, 0.5) is 5.69 Å². The molecule has 0 amide bonds. The van der Waals surface area contributed by atoms with Crippen molar-refractivity contribution in [1.29, 1.82) is 0 Å². The minimum Gasteiger partial charge on any atom is -0.357 e. The Hall–Kier alpha value is -0.300. The lowest BCUT2D eigenvalue weighted by molar-refractivity contribution is 0.532. The van der Waals surface area contributed by atoms with Gasteiger partial charge in [0, 0.05) is 19.1 Å². The third kappa shape index (κ3) is 2.50. The summed E-state index contributed by atoms with van der Waals surface area (Å²) in [5, 5.41) is 0. The number of halogens is 2. The Labute approximate surface area is 153 Å². The van der Waals surface area contributed by atoms with E-state index in [0.29, 0.717) is 21.9 Å². The van der Waals surface area contributed by atoms with Crippen LogP contribution in [-0.4, -0.2) is 16.0 Å². The normalized spacial score (nSPS) is 33.1. The zero-order chi connectivity index (χ0) is 14.4. The summed E-state index contributed by atoms with van der Waals surface area (Å²) in [4.78, 5) is 2.65. The predicted molar refractivity (Wildman–Crippen MR) is 106 cm³/mol. The van der Waals surface area contributed by atoms with Gasteiger partial charge in [-0.3, -0.25) is 0 Å². The van der Waals surface area contributed by atoms with Gasteiger partial charge >= 0.3 is 0 Å². The molecule has 108 valence electrons. The van der Waals surface area contributed by atoms with Gasteiger partial charge in [-0.1, -0.05) is 59.0 Å². The van der Waals surface area contributed by atoms with Gasteiger partial charge in [-0.15, -0.1) is 0 Å². The molecule has 2 aliphatic carbocycles. The fourth-order valence-electron chi connectivity index (χ4n) is 3.82. The molecule has 4 unspecified atom stereocenters. The van der Waals surface area contributed by atoms with E-state index >= 15 is 0 Å². The highest BCUT2D eigenvalue weighted by molar-refractivity contribution is 14.1. The number of rotatable bonds is 1. The van der Waals surface area contributed by atoms with E-state index in [9.17, 15) is 0 Å². The van der Waals surface area contributed by atoms with Gasteiger partial charge in [0.15, 0.2) is 0 Å². The van der Waals surface area contributed by atoms with Gasteiger partial charge in [-0.25, -0.2) is 0 Å². The van der Waals surface area contributed by atoms with Crippen LogP contribution in [0.3, 0.4) is 0 Å². The molecule has 3 heteroatoms. The summed E-state index contributed by atoms with van der Waals surface area (Å²) < 4.78 is 2.02. The summed E-state index contributed by atoms with van der Waals surface area (Å²) in [6, 6.07) is 8.01. The van der Waals surface area contributed by atoms with Crippen molar-refractivity contribution < 1.29 is 0 Å². The van der Waals surface area contributed by atoms with E-state index in [1.165, 1.54) is 15.7 Å². The van der Waals surface area contributed by atoms with E-state index in [4.69, 9.17) is 0 Å². The van der Waals surface area contributed by atoms with Crippen molar-refractivity contribution >= 4 is 50.9 Å². The lowest BCUT2D eigenvalue weighted by Crippen LogP contribution is -2.42. The lowest BCUT2D eigenvalue weighted by atomic mass is 9.86. The first-order chi connectivity index (χ1) is 10.2. The van der Waals surface area contributed by atoms with Crippen LogP contribution < -0.4 is 4.90 Å². The van der Waals surface area contributed by atoms with Crippen LogP contribution in [0.25, 0.3) is 0 Å². The maximum absolute atomic E-state index is 2.65. The first kappa shape index (κ1) is 14.3. The number of alkyl halides is 1. The molecule has 0 N–H and O–H groups in total. The lowest BCUT2D eigenvalue weighted by Gasteiger charge is -2.36. The molecule has 1 nitrogen and oxygen atoms in total.